The summed E-state index contributed by atoms with van der Waals surface area (Å²) in [5.41, 5.74) is 0. The topological polar surface area (TPSA) is 95.5 Å². The second-order valence-corrected chi connectivity index (χ2v) is 5.69. The van der Waals surface area contributed by atoms with Gasteiger partial charge in [0, 0.05) is 6.04 Å². The molecule has 0 aromatic rings. The highest BCUT2D eigenvalue weighted by Gasteiger charge is 2.32. The highest BCUT2D eigenvalue weighted by atomic mass is 32.2. The van der Waals surface area contributed by atoms with E-state index in [1.807, 2.05) is 6.92 Å². The zero-order valence-electron chi connectivity index (χ0n) is 9.43. The first kappa shape index (κ1) is 13.4. The molecule has 2 atom stereocenters. The summed E-state index contributed by atoms with van der Waals surface area (Å²) in [6.45, 7) is 3.53. The number of hydrogen-bond donors (Lipinski definition) is 3. The van der Waals surface area contributed by atoms with Gasteiger partial charge >= 0.3 is 5.97 Å². The molecule has 0 radical (unpaired) electrons. The molecule has 1 rings (SSSR count). The molecule has 2 unspecified atom stereocenters. The number of aliphatic carboxylic acids is 1. The molecule has 6 nitrogen and oxygen atoms in total. The van der Waals surface area contributed by atoms with E-state index in [2.05, 4.69) is 9.44 Å². The normalized spacial score (nSPS) is 20.4. The molecule has 0 heterocycles. The van der Waals surface area contributed by atoms with E-state index in [-0.39, 0.29) is 12.0 Å². The van der Waals surface area contributed by atoms with E-state index in [1.165, 1.54) is 0 Å². The molecule has 1 aliphatic carbocycles. The van der Waals surface area contributed by atoms with Gasteiger partial charge in [-0.1, -0.05) is 20.3 Å². The minimum absolute atomic E-state index is 0.0242. The summed E-state index contributed by atoms with van der Waals surface area (Å²) in [6.07, 6.45) is 2.24. The molecule has 16 heavy (non-hydrogen) atoms. The summed E-state index contributed by atoms with van der Waals surface area (Å²) >= 11 is 0. The molecule has 0 aromatic carbocycles. The van der Waals surface area contributed by atoms with Crippen molar-refractivity contribution < 1.29 is 18.3 Å². The number of hydrogen-bond acceptors (Lipinski definition) is 3. The van der Waals surface area contributed by atoms with Crippen LogP contribution in [-0.4, -0.2) is 31.6 Å². The van der Waals surface area contributed by atoms with Crippen molar-refractivity contribution >= 4 is 16.2 Å². The van der Waals surface area contributed by atoms with Crippen LogP contribution >= 0.6 is 0 Å². The first-order valence-electron chi connectivity index (χ1n) is 5.38. The molecule has 1 fully saturated rings. The highest BCUT2D eigenvalue weighted by Crippen LogP contribution is 2.19. The van der Waals surface area contributed by atoms with Gasteiger partial charge in [-0.15, -0.1) is 0 Å². The lowest BCUT2D eigenvalue weighted by Crippen LogP contribution is -2.49. The molecular weight excluding hydrogens is 232 g/mol. The van der Waals surface area contributed by atoms with Gasteiger partial charge in [0.1, 0.15) is 6.04 Å². The van der Waals surface area contributed by atoms with Crippen LogP contribution in [0.5, 0.6) is 0 Å². The Morgan fingerprint density at radius 3 is 2.44 bits per heavy atom. The SMILES string of the molecule is CCC(C)C(NS(=O)(=O)NC1CC1)C(=O)O. The van der Waals surface area contributed by atoms with Crippen molar-refractivity contribution in [1.29, 1.82) is 0 Å². The second kappa shape index (κ2) is 5.11. The van der Waals surface area contributed by atoms with Crippen molar-refractivity contribution in [3.05, 3.63) is 0 Å². The van der Waals surface area contributed by atoms with Crippen LogP contribution in [0.25, 0.3) is 0 Å². The standard InChI is InChI=1S/C9H18N2O4S/c1-3-6(2)8(9(12)13)11-16(14,15)10-7-4-5-7/h6-8,10-11H,3-5H2,1-2H3,(H,12,13). The average Bonchev–Trinajstić information content (AvgIpc) is 2.95. The van der Waals surface area contributed by atoms with Gasteiger partial charge in [-0.3, -0.25) is 4.79 Å². The maximum absolute atomic E-state index is 11.5. The van der Waals surface area contributed by atoms with Gasteiger partial charge in [-0.25, -0.2) is 0 Å². The van der Waals surface area contributed by atoms with Crippen molar-refractivity contribution in [2.75, 3.05) is 0 Å². The minimum atomic E-state index is -3.70. The predicted molar refractivity (Wildman–Crippen MR) is 59.1 cm³/mol. The molecule has 0 aliphatic heterocycles. The summed E-state index contributed by atoms with van der Waals surface area (Å²) in [5, 5.41) is 8.93. The van der Waals surface area contributed by atoms with Crippen molar-refractivity contribution in [3.63, 3.8) is 0 Å². The van der Waals surface area contributed by atoms with Crippen molar-refractivity contribution in [2.24, 2.45) is 5.92 Å². The van der Waals surface area contributed by atoms with E-state index in [0.29, 0.717) is 6.42 Å². The van der Waals surface area contributed by atoms with E-state index in [4.69, 9.17) is 5.11 Å². The first-order chi connectivity index (χ1) is 7.35. The van der Waals surface area contributed by atoms with Crippen molar-refractivity contribution in [1.82, 2.24) is 9.44 Å². The quantitative estimate of drug-likeness (QED) is 0.596. The summed E-state index contributed by atoms with van der Waals surface area (Å²) in [5.74, 6) is -1.39. The van der Waals surface area contributed by atoms with Crippen molar-refractivity contribution in [2.45, 2.75) is 45.2 Å². The van der Waals surface area contributed by atoms with E-state index in [9.17, 15) is 13.2 Å². The van der Waals surface area contributed by atoms with Gasteiger partial charge in [-0.2, -0.15) is 17.9 Å². The van der Waals surface area contributed by atoms with Crippen LogP contribution in [0.4, 0.5) is 0 Å². The van der Waals surface area contributed by atoms with Crippen LogP contribution < -0.4 is 9.44 Å². The van der Waals surface area contributed by atoms with Gasteiger partial charge in [0.15, 0.2) is 0 Å². The molecule has 3 N–H and O–H groups in total. The Hall–Kier alpha value is -0.660. The molecule has 0 spiro atoms. The van der Waals surface area contributed by atoms with Gasteiger partial charge in [0.2, 0.25) is 0 Å². The highest BCUT2D eigenvalue weighted by molar-refractivity contribution is 7.87. The number of rotatable bonds is 7. The van der Waals surface area contributed by atoms with Crippen LogP contribution in [0.3, 0.4) is 0 Å². The van der Waals surface area contributed by atoms with Gasteiger partial charge in [0.05, 0.1) is 0 Å². The Labute approximate surface area is 95.6 Å². The lowest BCUT2D eigenvalue weighted by Gasteiger charge is -2.20. The lowest BCUT2D eigenvalue weighted by molar-refractivity contribution is -0.140. The summed E-state index contributed by atoms with van der Waals surface area (Å²) in [6, 6.07) is -1.09. The number of carboxylic acids is 1. The fourth-order valence-corrected chi connectivity index (χ4v) is 2.68. The molecule has 94 valence electrons. The smallest absolute Gasteiger partial charge is 0.322 e. The van der Waals surface area contributed by atoms with Gasteiger partial charge in [-0.05, 0) is 18.8 Å². The molecule has 0 bridgehead atoms. The fourth-order valence-electron chi connectivity index (χ4n) is 1.27. The Balaban J connectivity index is 2.62. The van der Waals surface area contributed by atoms with Crippen LogP contribution in [0.1, 0.15) is 33.1 Å². The van der Waals surface area contributed by atoms with E-state index < -0.39 is 22.2 Å². The Bertz CT molecular complexity index is 351. The Morgan fingerprint density at radius 1 is 1.50 bits per heavy atom. The van der Waals surface area contributed by atoms with E-state index in [1.54, 1.807) is 6.92 Å². The number of carbonyl (C=O) groups is 1. The fraction of sp³-hybridized carbons (Fsp3) is 0.889. The molecule has 1 aliphatic rings. The van der Waals surface area contributed by atoms with Crippen LogP contribution in [0.2, 0.25) is 0 Å². The third-order valence-corrected chi connectivity index (χ3v) is 3.87. The zero-order chi connectivity index (χ0) is 12.3. The molecule has 0 saturated heterocycles. The monoisotopic (exact) mass is 250 g/mol. The van der Waals surface area contributed by atoms with Crippen molar-refractivity contribution in [3.8, 4) is 0 Å². The molecule has 1 saturated carbocycles. The largest absolute Gasteiger partial charge is 0.480 e. The third kappa shape index (κ3) is 4.07. The second-order valence-electron chi connectivity index (χ2n) is 4.21. The minimum Gasteiger partial charge on any atom is -0.480 e. The van der Waals surface area contributed by atoms with E-state index in [0.717, 1.165) is 12.8 Å². The summed E-state index contributed by atoms with van der Waals surface area (Å²) in [4.78, 5) is 10.9. The number of carboxylic acid groups (broad SMARTS) is 1. The number of nitrogens with one attached hydrogen (secondary N) is 2. The predicted octanol–water partition coefficient (Wildman–Crippen LogP) is 0.0721. The summed E-state index contributed by atoms with van der Waals surface area (Å²) in [7, 11) is -3.70. The average molecular weight is 250 g/mol. The van der Waals surface area contributed by atoms with Gasteiger partial charge in [0.25, 0.3) is 10.2 Å². The first-order valence-corrected chi connectivity index (χ1v) is 6.86. The maximum Gasteiger partial charge on any atom is 0.322 e. The van der Waals surface area contributed by atoms with Crippen LogP contribution in [-0.2, 0) is 15.0 Å². The maximum atomic E-state index is 11.5. The molecule has 0 amide bonds. The zero-order valence-corrected chi connectivity index (χ0v) is 10.3. The van der Waals surface area contributed by atoms with Gasteiger partial charge < -0.3 is 5.11 Å². The molecular formula is C9H18N2O4S. The van der Waals surface area contributed by atoms with Crippen LogP contribution in [0, 0.1) is 5.92 Å². The third-order valence-electron chi connectivity index (χ3n) is 2.66. The lowest BCUT2D eigenvalue weighted by atomic mass is 10.0. The Kier molecular flexibility index (Phi) is 4.28. The van der Waals surface area contributed by atoms with E-state index >= 15 is 0 Å². The molecule has 0 aromatic heterocycles. The summed E-state index contributed by atoms with van der Waals surface area (Å²) < 4.78 is 27.6. The Morgan fingerprint density at radius 2 is 2.06 bits per heavy atom. The van der Waals surface area contributed by atoms with Crippen LogP contribution in [0.15, 0.2) is 0 Å². The molecule has 7 heteroatoms.